The van der Waals surface area contributed by atoms with Crippen molar-refractivity contribution in [3.63, 3.8) is 0 Å². The molecule has 1 unspecified atom stereocenters. The highest BCUT2D eigenvalue weighted by Crippen LogP contribution is 2.33. The van der Waals surface area contributed by atoms with Gasteiger partial charge in [0, 0.05) is 36.5 Å². The van der Waals surface area contributed by atoms with E-state index in [4.69, 9.17) is 0 Å². The zero-order chi connectivity index (χ0) is 20.8. The lowest BCUT2D eigenvalue weighted by molar-refractivity contribution is -0.131. The number of nitrogens with zero attached hydrogens (tertiary/aromatic N) is 5. The number of carbonyl (C=O) groups excluding carboxylic acids is 1. The minimum absolute atomic E-state index is 0.299. The molecule has 7 nitrogen and oxygen atoms in total. The predicted molar refractivity (Wildman–Crippen MR) is 118 cm³/mol. The molecule has 1 aliphatic carbocycles. The summed E-state index contributed by atoms with van der Waals surface area (Å²) < 4.78 is 1.99. The van der Waals surface area contributed by atoms with Crippen LogP contribution >= 0.6 is 0 Å². The van der Waals surface area contributed by atoms with Gasteiger partial charge >= 0.3 is 0 Å². The Balaban J connectivity index is 1.18. The topological polar surface area (TPSA) is 79.7 Å². The monoisotopic (exact) mass is 412 g/mol. The molecule has 2 aliphatic rings. The maximum absolute atomic E-state index is 12.3. The molecule has 2 aromatic heterocycles. The Hall–Kier alpha value is -3.48. The van der Waals surface area contributed by atoms with Gasteiger partial charge in [0.15, 0.2) is 0 Å². The smallest absolute Gasteiger partial charge is 0.225 e. The standard InChI is InChI=1S/C24H24N6O/c31-24(19-5-6-19)29-10-9-16(14-29)15-30-23(13-26-28-30)18-3-1-17(2-4-18)20-7-8-22-21(11-20)12-25-27-22/h1-4,7-8,11-13,16,19H,5-6,9-10,14-15H2,(H,25,27). The third kappa shape index (κ3) is 3.50. The van der Waals surface area contributed by atoms with Crippen LogP contribution in [0.25, 0.3) is 33.3 Å². The van der Waals surface area contributed by atoms with E-state index in [0.717, 1.165) is 66.6 Å². The first-order valence-electron chi connectivity index (χ1n) is 11.0. The van der Waals surface area contributed by atoms with Crippen molar-refractivity contribution in [2.75, 3.05) is 13.1 Å². The molecule has 1 saturated heterocycles. The third-order valence-corrected chi connectivity index (χ3v) is 6.53. The minimum Gasteiger partial charge on any atom is -0.342 e. The zero-order valence-corrected chi connectivity index (χ0v) is 17.2. The highest BCUT2D eigenvalue weighted by Gasteiger charge is 2.36. The molecule has 1 amide bonds. The number of fused-ring (bicyclic) bond motifs is 1. The van der Waals surface area contributed by atoms with Gasteiger partial charge in [-0.25, -0.2) is 4.68 Å². The molecule has 2 aromatic carbocycles. The van der Waals surface area contributed by atoms with Crippen LogP contribution in [0.2, 0.25) is 0 Å². The van der Waals surface area contributed by atoms with Gasteiger partial charge in [0.1, 0.15) is 0 Å². The number of nitrogens with one attached hydrogen (secondary N) is 1. The van der Waals surface area contributed by atoms with E-state index in [1.165, 1.54) is 5.56 Å². The zero-order valence-electron chi connectivity index (χ0n) is 17.2. The lowest BCUT2D eigenvalue weighted by Crippen LogP contribution is -2.30. The molecule has 0 spiro atoms. The first kappa shape index (κ1) is 18.3. The molecule has 1 saturated carbocycles. The number of H-pyrrole nitrogens is 1. The molecule has 1 atom stereocenters. The average Bonchev–Trinajstić information content (AvgIpc) is 3.17. The molecule has 1 N–H and O–H groups in total. The second-order valence-electron chi connectivity index (χ2n) is 8.76. The Kier molecular flexibility index (Phi) is 4.33. The average molecular weight is 412 g/mol. The molecule has 2 fully saturated rings. The summed E-state index contributed by atoms with van der Waals surface area (Å²) in [6, 6.07) is 14.8. The third-order valence-electron chi connectivity index (χ3n) is 6.53. The molecular weight excluding hydrogens is 388 g/mol. The van der Waals surface area contributed by atoms with E-state index < -0.39 is 0 Å². The summed E-state index contributed by atoms with van der Waals surface area (Å²) in [7, 11) is 0. The Labute approximate surface area is 180 Å². The normalized spacial score (nSPS) is 18.7. The van der Waals surface area contributed by atoms with Gasteiger partial charge < -0.3 is 4.90 Å². The van der Waals surface area contributed by atoms with Gasteiger partial charge in [0.2, 0.25) is 5.91 Å². The SMILES string of the molecule is O=C(C1CC1)N1CCC(Cn2nncc2-c2ccc(-c3ccc4[nH]ncc4c3)cc2)C1. The van der Waals surface area contributed by atoms with E-state index in [-0.39, 0.29) is 0 Å². The Morgan fingerprint density at radius 1 is 1.00 bits per heavy atom. The van der Waals surface area contributed by atoms with Crippen LogP contribution in [0, 0.1) is 11.8 Å². The van der Waals surface area contributed by atoms with Crippen LogP contribution in [0.3, 0.4) is 0 Å². The molecule has 0 radical (unpaired) electrons. The molecule has 156 valence electrons. The fourth-order valence-electron chi connectivity index (χ4n) is 4.59. The number of benzene rings is 2. The van der Waals surface area contributed by atoms with Crippen molar-refractivity contribution < 1.29 is 4.79 Å². The van der Waals surface area contributed by atoms with Gasteiger partial charge in [-0.15, -0.1) is 5.10 Å². The van der Waals surface area contributed by atoms with Crippen molar-refractivity contribution in [1.29, 1.82) is 0 Å². The van der Waals surface area contributed by atoms with E-state index in [9.17, 15) is 4.79 Å². The highest BCUT2D eigenvalue weighted by atomic mass is 16.2. The quantitative estimate of drug-likeness (QED) is 0.541. The van der Waals surface area contributed by atoms with Crippen LogP contribution in [0.1, 0.15) is 19.3 Å². The summed E-state index contributed by atoms with van der Waals surface area (Å²) in [5.41, 5.74) is 5.49. The fourth-order valence-corrected chi connectivity index (χ4v) is 4.59. The van der Waals surface area contributed by atoms with E-state index >= 15 is 0 Å². The van der Waals surface area contributed by atoms with Crippen molar-refractivity contribution in [2.24, 2.45) is 11.8 Å². The molecular formula is C24H24N6O. The lowest BCUT2D eigenvalue weighted by atomic mass is 10.0. The maximum atomic E-state index is 12.3. The second kappa shape index (κ2) is 7.34. The van der Waals surface area contributed by atoms with Crippen LogP contribution in [0.4, 0.5) is 0 Å². The summed E-state index contributed by atoms with van der Waals surface area (Å²) >= 11 is 0. The van der Waals surface area contributed by atoms with Gasteiger partial charge in [-0.2, -0.15) is 5.10 Å². The molecule has 4 aromatic rings. The first-order chi connectivity index (χ1) is 15.2. The van der Waals surface area contributed by atoms with Crippen LogP contribution in [-0.2, 0) is 11.3 Å². The van der Waals surface area contributed by atoms with Crippen molar-refractivity contribution in [3.05, 3.63) is 54.9 Å². The first-order valence-corrected chi connectivity index (χ1v) is 11.0. The lowest BCUT2D eigenvalue weighted by Gasteiger charge is -2.16. The number of amides is 1. The number of aromatic nitrogens is 5. The van der Waals surface area contributed by atoms with Crippen LogP contribution < -0.4 is 0 Å². The van der Waals surface area contributed by atoms with Gasteiger partial charge in [0.25, 0.3) is 0 Å². The summed E-state index contributed by atoms with van der Waals surface area (Å²) in [5, 5.41) is 16.7. The van der Waals surface area contributed by atoms with Gasteiger partial charge in [-0.1, -0.05) is 35.5 Å². The Bertz CT molecular complexity index is 1240. The van der Waals surface area contributed by atoms with Gasteiger partial charge in [-0.3, -0.25) is 9.89 Å². The number of hydrogen-bond donors (Lipinski definition) is 1. The maximum Gasteiger partial charge on any atom is 0.225 e. The molecule has 1 aliphatic heterocycles. The fraction of sp³-hybridized carbons (Fsp3) is 0.333. The van der Waals surface area contributed by atoms with E-state index in [1.807, 2.05) is 22.0 Å². The van der Waals surface area contributed by atoms with Crippen LogP contribution in [0.15, 0.2) is 54.9 Å². The largest absolute Gasteiger partial charge is 0.342 e. The molecule has 7 heteroatoms. The molecule has 31 heavy (non-hydrogen) atoms. The summed E-state index contributed by atoms with van der Waals surface area (Å²) in [4.78, 5) is 14.4. The number of aromatic amines is 1. The van der Waals surface area contributed by atoms with E-state index in [2.05, 4.69) is 63.0 Å². The summed E-state index contributed by atoms with van der Waals surface area (Å²) in [5.74, 6) is 1.09. The van der Waals surface area contributed by atoms with E-state index in [1.54, 1.807) is 0 Å². The minimum atomic E-state index is 0.299. The molecule has 6 rings (SSSR count). The van der Waals surface area contributed by atoms with Crippen molar-refractivity contribution in [3.8, 4) is 22.4 Å². The number of likely N-dealkylation sites (tertiary alicyclic amines) is 1. The second-order valence-corrected chi connectivity index (χ2v) is 8.76. The number of rotatable bonds is 5. The Morgan fingerprint density at radius 3 is 2.65 bits per heavy atom. The van der Waals surface area contributed by atoms with E-state index in [0.29, 0.717) is 17.7 Å². The van der Waals surface area contributed by atoms with Crippen LogP contribution in [-0.4, -0.2) is 49.1 Å². The Morgan fingerprint density at radius 2 is 1.81 bits per heavy atom. The predicted octanol–water partition coefficient (Wildman–Crippen LogP) is 3.75. The van der Waals surface area contributed by atoms with Crippen molar-refractivity contribution in [2.45, 2.75) is 25.8 Å². The number of carbonyl (C=O) groups is 1. The highest BCUT2D eigenvalue weighted by molar-refractivity contribution is 5.84. The molecule has 3 heterocycles. The van der Waals surface area contributed by atoms with Gasteiger partial charge in [0.05, 0.1) is 23.6 Å². The summed E-state index contributed by atoms with van der Waals surface area (Å²) in [6.45, 7) is 2.51. The van der Waals surface area contributed by atoms with Gasteiger partial charge in [-0.05, 0) is 48.4 Å². The molecule has 0 bridgehead atoms. The van der Waals surface area contributed by atoms with Crippen molar-refractivity contribution in [1.82, 2.24) is 30.1 Å². The summed E-state index contributed by atoms with van der Waals surface area (Å²) in [6.07, 6.45) is 6.85. The van der Waals surface area contributed by atoms with Crippen molar-refractivity contribution >= 4 is 16.8 Å². The van der Waals surface area contributed by atoms with Crippen LogP contribution in [0.5, 0.6) is 0 Å². The number of hydrogen-bond acceptors (Lipinski definition) is 4.